The fraction of sp³-hybridized carbons (Fsp3) is 0.0556. The molecule has 0 aliphatic heterocycles. The highest BCUT2D eigenvalue weighted by atomic mass is 79.9. The average molecular weight is 535 g/mol. The minimum atomic E-state index is -0.386. The van der Waals surface area contributed by atoms with Gasteiger partial charge >= 0.3 is 0 Å². The van der Waals surface area contributed by atoms with Crippen LogP contribution in [0, 0.1) is 0 Å². The van der Waals surface area contributed by atoms with E-state index in [1.54, 1.807) is 16.7 Å². The Hall–Kier alpha value is -3.25. The Balaban J connectivity index is 1.57. The monoisotopic (exact) mass is 533 g/mol. The van der Waals surface area contributed by atoms with Gasteiger partial charge in [-0.1, -0.05) is 12.1 Å². The van der Waals surface area contributed by atoms with E-state index in [1.807, 2.05) is 24.3 Å². The second-order valence-electron chi connectivity index (χ2n) is 6.13. The maximum Gasteiger partial charge on any atom is 0.260 e. The summed E-state index contributed by atoms with van der Waals surface area (Å²) in [6.07, 6.45) is 1.46. The number of benzene rings is 2. The highest BCUT2D eigenvalue weighted by Gasteiger charge is 2.20. The van der Waals surface area contributed by atoms with E-state index in [9.17, 15) is 9.90 Å². The van der Waals surface area contributed by atoms with Crippen LogP contribution in [-0.4, -0.2) is 37.1 Å². The SMILES string of the molecule is Nc1nonc1-c1nc2ccccc2n1CC(=O)NN=Cc1cc(Br)c(O)c(Br)c1. The van der Waals surface area contributed by atoms with Gasteiger partial charge in [0.1, 0.15) is 12.3 Å². The van der Waals surface area contributed by atoms with Crippen LogP contribution in [0.2, 0.25) is 0 Å². The van der Waals surface area contributed by atoms with E-state index in [1.165, 1.54) is 6.21 Å². The molecule has 4 N–H and O–H groups in total. The standard InChI is InChI=1S/C18H13Br2N7O3/c19-10-5-9(6-11(20)16(10)29)7-22-24-14(28)8-27-13-4-2-1-3-12(13)23-18(27)15-17(21)26-30-25-15/h1-7,29H,8H2,(H2,21,26)(H,24,28). The molecule has 152 valence electrons. The van der Waals surface area contributed by atoms with Crippen LogP contribution in [0.25, 0.3) is 22.6 Å². The van der Waals surface area contributed by atoms with E-state index in [0.717, 1.165) is 5.52 Å². The largest absolute Gasteiger partial charge is 0.506 e. The molecule has 1 amide bonds. The van der Waals surface area contributed by atoms with E-state index in [-0.39, 0.29) is 29.7 Å². The number of rotatable bonds is 5. The number of hydrogen-bond donors (Lipinski definition) is 3. The first-order valence-electron chi connectivity index (χ1n) is 8.47. The molecule has 2 aromatic heterocycles. The number of fused-ring (bicyclic) bond motifs is 1. The van der Waals surface area contributed by atoms with Gasteiger partial charge in [-0.05, 0) is 72.0 Å². The van der Waals surface area contributed by atoms with Gasteiger partial charge in [0.05, 0.1) is 26.2 Å². The van der Waals surface area contributed by atoms with Crippen LogP contribution >= 0.6 is 31.9 Å². The molecule has 30 heavy (non-hydrogen) atoms. The molecule has 0 aliphatic rings. The molecular weight excluding hydrogens is 522 g/mol. The molecule has 0 aliphatic carbocycles. The minimum Gasteiger partial charge on any atom is -0.506 e. The number of nitrogens with two attached hydrogens (primary N) is 1. The van der Waals surface area contributed by atoms with E-state index in [4.69, 9.17) is 5.73 Å². The molecule has 0 bridgehead atoms. The van der Waals surface area contributed by atoms with Gasteiger partial charge in [0.25, 0.3) is 5.91 Å². The molecule has 0 unspecified atom stereocenters. The van der Waals surface area contributed by atoms with Gasteiger partial charge in [-0.2, -0.15) is 5.10 Å². The lowest BCUT2D eigenvalue weighted by atomic mass is 10.2. The average Bonchev–Trinajstić information content (AvgIpc) is 3.29. The number of imidazole rings is 1. The van der Waals surface area contributed by atoms with Gasteiger partial charge in [-0.15, -0.1) is 0 Å². The van der Waals surface area contributed by atoms with E-state index >= 15 is 0 Å². The van der Waals surface area contributed by atoms with Crippen molar-refractivity contribution in [2.45, 2.75) is 6.54 Å². The van der Waals surface area contributed by atoms with E-state index in [2.05, 4.69) is 62.3 Å². The molecule has 0 saturated carbocycles. The third-order valence-corrected chi connectivity index (χ3v) is 5.33. The Labute approximate surface area is 186 Å². The maximum absolute atomic E-state index is 12.5. The molecule has 4 aromatic rings. The maximum atomic E-state index is 12.5. The Morgan fingerprint density at radius 2 is 2.00 bits per heavy atom. The minimum absolute atomic E-state index is 0.0773. The van der Waals surface area contributed by atoms with Gasteiger partial charge in [-0.3, -0.25) is 4.79 Å². The van der Waals surface area contributed by atoms with Crippen LogP contribution in [0.5, 0.6) is 5.75 Å². The summed E-state index contributed by atoms with van der Waals surface area (Å²) in [5, 5.41) is 21.1. The van der Waals surface area contributed by atoms with Crippen molar-refractivity contribution < 1.29 is 14.5 Å². The fourth-order valence-corrected chi connectivity index (χ4v) is 4.01. The number of hydrazone groups is 1. The van der Waals surface area contributed by atoms with Crippen LogP contribution in [0.1, 0.15) is 5.56 Å². The molecule has 0 spiro atoms. The zero-order valence-corrected chi connectivity index (χ0v) is 18.3. The summed E-state index contributed by atoms with van der Waals surface area (Å²) in [6, 6.07) is 10.7. The Morgan fingerprint density at radius 3 is 2.70 bits per heavy atom. The summed E-state index contributed by atoms with van der Waals surface area (Å²) in [5.41, 5.74) is 10.6. The summed E-state index contributed by atoms with van der Waals surface area (Å²) < 4.78 is 7.32. The van der Waals surface area contributed by atoms with E-state index < -0.39 is 0 Å². The number of carbonyl (C=O) groups is 1. The van der Waals surface area contributed by atoms with Crippen LogP contribution in [0.3, 0.4) is 0 Å². The van der Waals surface area contributed by atoms with Crippen LogP contribution in [0.4, 0.5) is 5.82 Å². The number of nitrogen functional groups attached to an aromatic ring is 1. The smallest absolute Gasteiger partial charge is 0.260 e. The number of carbonyl (C=O) groups excluding carboxylic acids is 1. The highest BCUT2D eigenvalue weighted by molar-refractivity contribution is 9.11. The Bertz CT molecular complexity index is 1260. The summed E-state index contributed by atoms with van der Waals surface area (Å²) >= 11 is 6.49. The summed E-state index contributed by atoms with van der Waals surface area (Å²) in [5.74, 6) is 0.133. The molecule has 2 heterocycles. The molecule has 0 fully saturated rings. The summed E-state index contributed by atoms with van der Waals surface area (Å²) in [7, 11) is 0. The molecule has 0 radical (unpaired) electrons. The first kappa shape index (κ1) is 20.0. The number of aromatic hydroxyl groups is 1. The first-order valence-corrected chi connectivity index (χ1v) is 10.1. The van der Waals surface area contributed by atoms with E-state index in [0.29, 0.717) is 25.8 Å². The fourth-order valence-electron chi connectivity index (χ4n) is 2.78. The number of anilines is 1. The Morgan fingerprint density at radius 1 is 1.27 bits per heavy atom. The number of phenolic OH excluding ortho intramolecular Hbond substituents is 1. The lowest BCUT2D eigenvalue weighted by Gasteiger charge is -2.07. The van der Waals surface area contributed by atoms with Crippen molar-refractivity contribution in [1.82, 2.24) is 25.3 Å². The summed E-state index contributed by atoms with van der Waals surface area (Å²) in [4.78, 5) is 17.0. The van der Waals surface area contributed by atoms with Crippen molar-refractivity contribution in [2.75, 3.05) is 5.73 Å². The third-order valence-electron chi connectivity index (χ3n) is 4.12. The predicted octanol–water partition coefficient (Wildman–Crippen LogP) is 3.05. The van der Waals surface area contributed by atoms with Crippen molar-refractivity contribution in [3.05, 3.63) is 50.9 Å². The van der Waals surface area contributed by atoms with Crippen molar-refractivity contribution in [2.24, 2.45) is 5.10 Å². The number of para-hydroxylation sites is 2. The lowest BCUT2D eigenvalue weighted by Crippen LogP contribution is -2.23. The number of nitrogens with zero attached hydrogens (tertiary/aromatic N) is 5. The molecule has 12 heteroatoms. The summed E-state index contributed by atoms with van der Waals surface area (Å²) in [6.45, 7) is -0.0809. The number of halogens is 2. The number of hydrogen-bond acceptors (Lipinski definition) is 8. The van der Waals surface area contributed by atoms with Crippen molar-refractivity contribution in [1.29, 1.82) is 0 Å². The van der Waals surface area contributed by atoms with Gasteiger partial charge in [-0.25, -0.2) is 15.0 Å². The molecule has 2 aromatic carbocycles. The van der Waals surface area contributed by atoms with Crippen LogP contribution < -0.4 is 11.2 Å². The van der Waals surface area contributed by atoms with Crippen molar-refractivity contribution in [3.63, 3.8) is 0 Å². The normalized spacial score (nSPS) is 11.4. The zero-order valence-electron chi connectivity index (χ0n) is 15.1. The zero-order chi connectivity index (χ0) is 21.3. The number of phenols is 1. The van der Waals surface area contributed by atoms with Gasteiger partial charge < -0.3 is 15.4 Å². The van der Waals surface area contributed by atoms with Crippen LogP contribution in [-0.2, 0) is 11.3 Å². The van der Waals surface area contributed by atoms with Gasteiger partial charge in [0.15, 0.2) is 17.3 Å². The molecule has 0 saturated heterocycles. The van der Waals surface area contributed by atoms with Gasteiger partial charge in [0, 0.05) is 0 Å². The van der Waals surface area contributed by atoms with Gasteiger partial charge in [0.2, 0.25) is 0 Å². The second-order valence-corrected chi connectivity index (χ2v) is 7.84. The lowest BCUT2D eigenvalue weighted by molar-refractivity contribution is -0.121. The quantitative estimate of drug-likeness (QED) is 0.263. The topological polar surface area (TPSA) is 144 Å². The number of nitrogens with one attached hydrogen (secondary N) is 1. The Kier molecular flexibility index (Phi) is 5.50. The predicted molar refractivity (Wildman–Crippen MR) is 117 cm³/mol. The van der Waals surface area contributed by atoms with Crippen LogP contribution in [0.15, 0.2) is 55.1 Å². The number of aromatic nitrogens is 4. The molecule has 10 nitrogen and oxygen atoms in total. The first-order chi connectivity index (χ1) is 14.4. The molecule has 0 atom stereocenters. The highest BCUT2D eigenvalue weighted by Crippen LogP contribution is 2.32. The molecular formula is C18H13Br2N7O3. The second kappa shape index (κ2) is 8.24. The third kappa shape index (κ3) is 3.91. The van der Waals surface area contributed by atoms with Crippen molar-refractivity contribution >= 4 is 60.8 Å². The molecule has 4 rings (SSSR count). The van der Waals surface area contributed by atoms with Crippen molar-refractivity contribution in [3.8, 4) is 17.3 Å². The number of amides is 1.